The molecule has 1 heterocycles. The number of nitrogens with zero attached hydrogens (tertiary/aromatic N) is 1. The fraction of sp³-hybridized carbons (Fsp3) is 0.286. The number of carbonyl (C=O) groups excluding carboxylic acids is 1. The summed E-state index contributed by atoms with van der Waals surface area (Å²) >= 11 is 0. The highest BCUT2D eigenvalue weighted by Crippen LogP contribution is 2.10. The summed E-state index contributed by atoms with van der Waals surface area (Å²) in [6, 6.07) is 7.18. The zero-order valence-corrected chi connectivity index (χ0v) is 11.3. The molecule has 2 rings (SSSR count). The molecule has 2 aromatic rings. The summed E-state index contributed by atoms with van der Waals surface area (Å²) in [6.07, 6.45) is 1.79. The summed E-state index contributed by atoms with van der Waals surface area (Å²) in [6.45, 7) is 2.76. The van der Waals surface area contributed by atoms with E-state index in [2.05, 4.69) is 20.6 Å². The van der Waals surface area contributed by atoms with Crippen LogP contribution in [0.15, 0.2) is 30.5 Å². The second-order valence-electron chi connectivity index (χ2n) is 4.40. The quantitative estimate of drug-likeness (QED) is 0.634. The Kier molecular flexibility index (Phi) is 4.73. The number of anilines is 1. The summed E-state index contributed by atoms with van der Waals surface area (Å²) in [5, 5.41) is 14.5. The van der Waals surface area contributed by atoms with Crippen LogP contribution in [-0.4, -0.2) is 34.1 Å². The lowest BCUT2D eigenvalue weighted by molar-refractivity contribution is 0.0945. The average molecular weight is 274 g/mol. The summed E-state index contributed by atoms with van der Waals surface area (Å²) in [4.78, 5) is 18.9. The minimum Gasteiger partial charge on any atom is -0.395 e. The normalized spacial score (nSPS) is 10.3. The molecule has 1 aromatic heterocycles. The number of aliphatic hydroxyl groups excluding tert-OH is 1. The van der Waals surface area contributed by atoms with E-state index in [0.29, 0.717) is 12.1 Å². The van der Waals surface area contributed by atoms with E-state index in [4.69, 9.17) is 5.11 Å². The number of aromatic nitrogens is 2. The van der Waals surface area contributed by atoms with Crippen molar-refractivity contribution in [1.82, 2.24) is 15.3 Å². The van der Waals surface area contributed by atoms with Crippen molar-refractivity contribution in [2.24, 2.45) is 0 Å². The van der Waals surface area contributed by atoms with Gasteiger partial charge in [-0.25, -0.2) is 4.98 Å². The van der Waals surface area contributed by atoms with Crippen molar-refractivity contribution < 1.29 is 9.90 Å². The molecule has 6 heteroatoms. The third-order valence-electron chi connectivity index (χ3n) is 2.78. The van der Waals surface area contributed by atoms with Crippen molar-refractivity contribution in [1.29, 1.82) is 0 Å². The van der Waals surface area contributed by atoms with Crippen LogP contribution in [0.3, 0.4) is 0 Å². The lowest BCUT2D eigenvalue weighted by atomic mass is 10.2. The van der Waals surface area contributed by atoms with Gasteiger partial charge in [0.2, 0.25) is 0 Å². The van der Waals surface area contributed by atoms with Gasteiger partial charge in [0.1, 0.15) is 5.82 Å². The predicted octanol–water partition coefficient (Wildman–Crippen LogP) is 1.05. The summed E-state index contributed by atoms with van der Waals surface area (Å²) < 4.78 is 0. The molecule has 0 saturated heterocycles. The number of rotatable bonds is 6. The number of carbonyl (C=O) groups is 1. The largest absolute Gasteiger partial charge is 0.395 e. The van der Waals surface area contributed by atoms with E-state index in [1.807, 2.05) is 19.1 Å². The van der Waals surface area contributed by atoms with Gasteiger partial charge in [-0.15, -0.1) is 0 Å². The number of hydrogen-bond donors (Lipinski definition) is 4. The van der Waals surface area contributed by atoms with Gasteiger partial charge in [0.05, 0.1) is 25.0 Å². The lowest BCUT2D eigenvalue weighted by Crippen LogP contribution is -2.26. The van der Waals surface area contributed by atoms with Crippen LogP contribution in [0.1, 0.15) is 21.9 Å². The van der Waals surface area contributed by atoms with E-state index in [0.717, 1.165) is 17.2 Å². The monoisotopic (exact) mass is 274 g/mol. The molecule has 6 nitrogen and oxygen atoms in total. The van der Waals surface area contributed by atoms with Gasteiger partial charge in [-0.1, -0.05) is 0 Å². The highest BCUT2D eigenvalue weighted by Gasteiger charge is 2.04. The zero-order valence-electron chi connectivity index (χ0n) is 11.3. The maximum Gasteiger partial charge on any atom is 0.251 e. The Morgan fingerprint density at radius 3 is 2.70 bits per heavy atom. The summed E-state index contributed by atoms with van der Waals surface area (Å²) in [5.41, 5.74) is 2.50. The first-order chi connectivity index (χ1) is 9.69. The first kappa shape index (κ1) is 14.1. The molecule has 1 aromatic carbocycles. The van der Waals surface area contributed by atoms with Gasteiger partial charge in [-0.05, 0) is 31.2 Å². The molecule has 1 amide bonds. The van der Waals surface area contributed by atoms with Crippen LogP contribution in [0, 0.1) is 6.92 Å². The van der Waals surface area contributed by atoms with Crippen molar-refractivity contribution in [2.45, 2.75) is 13.5 Å². The third kappa shape index (κ3) is 3.83. The van der Waals surface area contributed by atoms with Gasteiger partial charge in [0, 0.05) is 17.8 Å². The number of imidazole rings is 1. The fourth-order valence-electron chi connectivity index (χ4n) is 1.77. The van der Waals surface area contributed by atoms with Crippen molar-refractivity contribution in [3.05, 3.63) is 47.5 Å². The molecule has 4 N–H and O–H groups in total. The molecule has 0 unspecified atom stereocenters. The Bertz CT molecular complexity index is 563. The number of hydrogen-bond acceptors (Lipinski definition) is 4. The Labute approximate surface area is 117 Å². The first-order valence-electron chi connectivity index (χ1n) is 6.42. The van der Waals surface area contributed by atoms with E-state index in [1.54, 1.807) is 18.3 Å². The molecule has 0 aliphatic heterocycles. The van der Waals surface area contributed by atoms with Crippen LogP contribution in [0.4, 0.5) is 5.69 Å². The van der Waals surface area contributed by atoms with E-state index >= 15 is 0 Å². The number of nitrogens with one attached hydrogen (secondary N) is 3. The Balaban J connectivity index is 1.89. The number of amides is 1. The molecular weight excluding hydrogens is 256 g/mol. The van der Waals surface area contributed by atoms with Crippen LogP contribution in [0.2, 0.25) is 0 Å². The molecular formula is C14H18N4O2. The number of benzene rings is 1. The predicted molar refractivity (Wildman–Crippen MR) is 76.5 cm³/mol. The second kappa shape index (κ2) is 6.72. The van der Waals surface area contributed by atoms with Crippen LogP contribution < -0.4 is 10.6 Å². The molecule has 0 atom stereocenters. The fourth-order valence-corrected chi connectivity index (χ4v) is 1.77. The van der Waals surface area contributed by atoms with Gasteiger partial charge in [-0.3, -0.25) is 4.79 Å². The zero-order chi connectivity index (χ0) is 14.4. The van der Waals surface area contributed by atoms with Gasteiger partial charge in [0.25, 0.3) is 5.91 Å². The van der Waals surface area contributed by atoms with Crippen LogP contribution in [0.25, 0.3) is 0 Å². The minimum atomic E-state index is -0.185. The third-order valence-corrected chi connectivity index (χ3v) is 2.78. The number of aryl methyl sites for hydroxylation is 1. The molecule has 0 aliphatic carbocycles. The Morgan fingerprint density at radius 1 is 1.35 bits per heavy atom. The average Bonchev–Trinajstić information content (AvgIpc) is 2.89. The van der Waals surface area contributed by atoms with E-state index in [1.165, 1.54) is 0 Å². The van der Waals surface area contributed by atoms with E-state index < -0.39 is 0 Å². The van der Waals surface area contributed by atoms with Gasteiger partial charge >= 0.3 is 0 Å². The Hall–Kier alpha value is -2.34. The number of aliphatic hydroxyl groups is 1. The molecule has 0 fully saturated rings. The molecule has 0 saturated carbocycles. The topological polar surface area (TPSA) is 90.0 Å². The highest BCUT2D eigenvalue weighted by atomic mass is 16.3. The molecule has 106 valence electrons. The van der Waals surface area contributed by atoms with Crippen molar-refractivity contribution in [2.75, 3.05) is 18.5 Å². The van der Waals surface area contributed by atoms with Crippen LogP contribution in [0.5, 0.6) is 0 Å². The standard InChI is InChI=1S/C14H18N4O2/c1-10-16-8-13(18-10)9-17-12-4-2-11(3-5-12)14(20)15-6-7-19/h2-5,8,17,19H,6-7,9H2,1H3,(H,15,20)(H,16,18). The first-order valence-corrected chi connectivity index (χ1v) is 6.42. The molecule has 0 bridgehead atoms. The molecule has 0 radical (unpaired) electrons. The maximum atomic E-state index is 11.6. The highest BCUT2D eigenvalue weighted by molar-refractivity contribution is 5.94. The SMILES string of the molecule is Cc1ncc(CNc2ccc(C(=O)NCCO)cc2)[nH]1. The van der Waals surface area contributed by atoms with Crippen molar-refractivity contribution >= 4 is 11.6 Å². The van der Waals surface area contributed by atoms with Crippen molar-refractivity contribution in [3.63, 3.8) is 0 Å². The second-order valence-corrected chi connectivity index (χ2v) is 4.40. The maximum absolute atomic E-state index is 11.6. The minimum absolute atomic E-state index is 0.0605. The summed E-state index contributed by atoms with van der Waals surface area (Å²) in [7, 11) is 0. The molecule has 20 heavy (non-hydrogen) atoms. The van der Waals surface area contributed by atoms with Gasteiger partial charge < -0.3 is 20.7 Å². The lowest BCUT2D eigenvalue weighted by Gasteiger charge is -2.07. The van der Waals surface area contributed by atoms with Crippen LogP contribution >= 0.6 is 0 Å². The van der Waals surface area contributed by atoms with E-state index in [-0.39, 0.29) is 19.1 Å². The molecule has 0 spiro atoms. The number of aromatic amines is 1. The molecule has 0 aliphatic rings. The number of H-pyrrole nitrogens is 1. The van der Waals surface area contributed by atoms with Gasteiger partial charge in [0.15, 0.2) is 0 Å². The summed E-state index contributed by atoms with van der Waals surface area (Å²) in [5.74, 6) is 0.701. The smallest absolute Gasteiger partial charge is 0.251 e. The van der Waals surface area contributed by atoms with Crippen molar-refractivity contribution in [3.8, 4) is 0 Å². The Morgan fingerprint density at radius 2 is 2.10 bits per heavy atom. The van der Waals surface area contributed by atoms with Gasteiger partial charge in [-0.2, -0.15) is 0 Å². The van der Waals surface area contributed by atoms with Crippen LogP contribution in [-0.2, 0) is 6.54 Å². The van der Waals surface area contributed by atoms with E-state index in [9.17, 15) is 4.79 Å².